The lowest BCUT2D eigenvalue weighted by atomic mass is 10.2. The Labute approximate surface area is 87.1 Å². The molecule has 15 heavy (non-hydrogen) atoms. The smallest absolute Gasteiger partial charge is 0.334 e. The van der Waals surface area contributed by atoms with E-state index in [1.165, 1.54) is 0 Å². The summed E-state index contributed by atoms with van der Waals surface area (Å²) in [5, 5.41) is 16.7. The number of hydrogen-bond donors (Lipinski definition) is 2. The quantitative estimate of drug-likeness (QED) is 0.326. The first-order valence-corrected chi connectivity index (χ1v) is 4.33. The molecule has 0 unspecified atom stereocenters. The van der Waals surface area contributed by atoms with Gasteiger partial charge in [-0.1, -0.05) is 6.58 Å². The Morgan fingerprint density at radius 2 is 1.87 bits per heavy atom. The summed E-state index contributed by atoms with van der Waals surface area (Å²) in [4.78, 5) is 21.2. The van der Waals surface area contributed by atoms with Gasteiger partial charge in [0.05, 0.1) is 26.2 Å². The van der Waals surface area contributed by atoms with Crippen molar-refractivity contribution < 1.29 is 29.3 Å². The molecule has 0 aromatic carbocycles. The maximum atomic E-state index is 11.0. The molecule has 6 nitrogen and oxygen atoms in total. The number of ether oxygens (including phenoxy) is 2. The number of rotatable bonds is 8. The van der Waals surface area contributed by atoms with Crippen LogP contribution in [0.2, 0.25) is 0 Å². The molecule has 0 fully saturated rings. The third kappa shape index (κ3) is 7.65. The second-order valence-corrected chi connectivity index (χ2v) is 2.65. The van der Waals surface area contributed by atoms with E-state index < -0.39 is 18.4 Å². The van der Waals surface area contributed by atoms with E-state index in [4.69, 9.17) is 14.9 Å². The minimum atomic E-state index is -1.13. The maximum absolute atomic E-state index is 11.0. The SMILES string of the molecule is C=C(CC(=O)O)C(=O)OCCOCCO. The van der Waals surface area contributed by atoms with Crippen LogP contribution in [-0.4, -0.2) is 48.6 Å². The summed E-state index contributed by atoms with van der Waals surface area (Å²) in [7, 11) is 0. The third-order valence-electron chi connectivity index (χ3n) is 1.35. The lowest BCUT2D eigenvalue weighted by molar-refractivity contribution is -0.143. The highest BCUT2D eigenvalue weighted by Crippen LogP contribution is 2.00. The number of carboxylic acids is 1. The van der Waals surface area contributed by atoms with Crippen molar-refractivity contribution in [2.75, 3.05) is 26.4 Å². The Balaban J connectivity index is 3.56. The van der Waals surface area contributed by atoms with Gasteiger partial charge in [0.1, 0.15) is 6.61 Å². The molecule has 86 valence electrons. The molecule has 0 bridgehead atoms. The fourth-order valence-corrected chi connectivity index (χ4v) is 0.717. The molecule has 0 aliphatic heterocycles. The highest BCUT2D eigenvalue weighted by molar-refractivity contribution is 5.92. The van der Waals surface area contributed by atoms with Gasteiger partial charge in [-0.05, 0) is 0 Å². The molecule has 0 rings (SSSR count). The van der Waals surface area contributed by atoms with Crippen LogP contribution >= 0.6 is 0 Å². The van der Waals surface area contributed by atoms with Crippen LogP contribution in [0.15, 0.2) is 12.2 Å². The average molecular weight is 218 g/mol. The van der Waals surface area contributed by atoms with Gasteiger partial charge in [-0.15, -0.1) is 0 Å². The number of carbonyl (C=O) groups is 2. The molecule has 0 saturated heterocycles. The molecule has 0 aromatic rings. The molecule has 0 atom stereocenters. The lowest BCUT2D eigenvalue weighted by Crippen LogP contribution is -2.14. The standard InChI is InChI=1S/C9H14O6/c1-7(6-8(11)12)9(13)15-5-4-14-3-2-10/h10H,1-6H2,(H,11,12). The average Bonchev–Trinajstić information content (AvgIpc) is 2.16. The molecule has 0 aliphatic carbocycles. The molecule has 0 heterocycles. The van der Waals surface area contributed by atoms with Crippen molar-refractivity contribution in [2.24, 2.45) is 0 Å². The second-order valence-electron chi connectivity index (χ2n) is 2.65. The molecule has 0 radical (unpaired) electrons. The topological polar surface area (TPSA) is 93.1 Å². The summed E-state index contributed by atoms with van der Waals surface area (Å²) >= 11 is 0. The van der Waals surface area contributed by atoms with Gasteiger partial charge >= 0.3 is 11.9 Å². The minimum Gasteiger partial charge on any atom is -0.481 e. The number of aliphatic hydroxyl groups is 1. The Kier molecular flexibility index (Phi) is 7.21. The van der Waals surface area contributed by atoms with Crippen LogP contribution in [0, 0.1) is 0 Å². The summed E-state index contributed by atoms with van der Waals surface area (Å²) in [6.45, 7) is 3.52. The van der Waals surface area contributed by atoms with E-state index in [2.05, 4.69) is 11.3 Å². The van der Waals surface area contributed by atoms with Crippen LogP contribution in [-0.2, 0) is 19.1 Å². The number of carboxylic acid groups (broad SMARTS) is 1. The van der Waals surface area contributed by atoms with E-state index in [1.54, 1.807) is 0 Å². The van der Waals surface area contributed by atoms with Crippen molar-refractivity contribution in [3.8, 4) is 0 Å². The van der Waals surface area contributed by atoms with Gasteiger partial charge < -0.3 is 19.7 Å². The minimum absolute atomic E-state index is 0.0114. The first-order chi connectivity index (χ1) is 7.07. The Bertz CT molecular complexity index is 235. The van der Waals surface area contributed by atoms with Gasteiger partial charge in [0, 0.05) is 5.57 Å². The van der Waals surface area contributed by atoms with Crippen LogP contribution in [0.1, 0.15) is 6.42 Å². The van der Waals surface area contributed by atoms with Gasteiger partial charge in [-0.2, -0.15) is 0 Å². The van der Waals surface area contributed by atoms with Gasteiger partial charge in [0.2, 0.25) is 0 Å². The number of esters is 1. The molecule has 0 aliphatic rings. The largest absolute Gasteiger partial charge is 0.481 e. The van der Waals surface area contributed by atoms with Crippen molar-refractivity contribution in [3.05, 3.63) is 12.2 Å². The zero-order chi connectivity index (χ0) is 11.7. The summed E-state index contributed by atoms with van der Waals surface area (Å²) in [5.74, 6) is -1.88. The summed E-state index contributed by atoms with van der Waals surface area (Å²) in [6.07, 6.45) is -0.434. The number of aliphatic hydroxyl groups excluding tert-OH is 1. The van der Waals surface area contributed by atoms with Crippen molar-refractivity contribution in [1.82, 2.24) is 0 Å². The van der Waals surface area contributed by atoms with Crippen LogP contribution in [0.25, 0.3) is 0 Å². The monoisotopic (exact) mass is 218 g/mol. The zero-order valence-corrected chi connectivity index (χ0v) is 8.27. The number of aliphatic carboxylic acids is 1. The van der Waals surface area contributed by atoms with Crippen LogP contribution in [0.5, 0.6) is 0 Å². The summed E-state index contributed by atoms with van der Waals surface area (Å²) in [6, 6.07) is 0. The first-order valence-electron chi connectivity index (χ1n) is 4.33. The van der Waals surface area contributed by atoms with Crippen molar-refractivity contribution in [3.63, 3.8) is 0 Å². The fourth-order valence-electron chi connectivity index (χ4n) is 0.717. The third-order valence-corrected chi connectivity index (χ3v) is 1.35. The zero-order valence-electron chi connectivity index (χ0n) is 8.27. The van der Waals surface area contributed by atoms with Gasteiger partial charge in [-0.3, -0.25) is 4.79 Å². The molecule has 6 heteroatoms. The fraction of sp³-hybridized carbons (Fsp3) is 0.556. The predicted octanol–water partition coefficient (Wildman–Crippen LogP) is -0.431. The Hall–Kier alpha value is -1.40. The second kappa shape index (κ2) is 7.95. The Morgan fingerprint density at radius 3 is 2.40 bits per heavy atom. The van der Waals surface area contributed by atoms with E-state index in [0.717, 1.165) is 0 Å². The van der Waals surface area contributed by atoms with Crippen molar-refractivity contribution in [1.29, 1.82) is 0 Å². The molecule has 2 N–H and O–H groups in total. The number of carbonyl (C=O) groups excluding carboxylic acids is 1. The maximum Gasteiger partial charge on any atom is 0.334 e. The van der Waals surface area contributed by atoms with Crippen molar-refractivity contribution >= 4 is 11.9 Å². The van der Waals surface area contributed by atoms with Crippen molar-refractivity contribution in [2.45, 2.75) is 6.42 Å². The summed E-state index contributed by atoms with van der Waals surface area (Å²) < 4.78 is 9.46. The molecular weight excluding hydrogens is 204 g/mol. The van der Waals surface area contributed by atoms with Gasteiger partial charge in [0.25, 0.3) is 0 Å². The van der Waals surface area contributed by atoms with Crippen LogP contribution in [0.4, 0.5) is 0 Å². The molecule has 0 aromatic heterocycles. The highest BCUT2D eigenvalue weighted by atomic mass is 16.6. The van der Waals surface area contributed by atoms with E-state index in [1.807, 2.05) is 0 Å². The molecule has 0 saturated carbocycles. The first kappa shape index (κ1) is 13.6. The van der Waals surface area contributed by atoms with E-state index in [-0.39, 0.29) is 32.0 Å². The molecule has 0 spiro atoms. The van der Waals surface area contributed by atoms with Gasteiger partial charge in [-0.25, -0.2) is 4.79 Å². The van der Waals surface area contributed by atoms with Crippen LogP contribution < -0.4 is 0 Å². The van der Waals surface area contributed by atoms with Gasteiger partial charge in [0.15, 0.2) is 0 Å². The number of hydrogen-bond acceptors (Lipinski definition) is 5. The van der Waals surface area contributed by atoms with E-state index in [0.29, 0.717) is 0 Å². The van der Waals surface area contributed by atoms with Crippen LogP contribution in [0.3, 0.4) is 0 Å². The highest BCUT2D eigenvalue weighted by Gasteiger charge is 2.11. The van der Waals surface area contributed by atoms with E-state index in [9.17, 15) is 9.59 Å². The normalized spacial score (nSPS) is 9.67. The predicted molar refractivity (Wildman–Crippen MR) is 50.3 cm³/mol. The molecular formula is C9H14O6. The lowest BCUT2D eigenvalue weighted by Gasteiger charge is -2.05. The Morgan fingerprint density at radius 1 is 1.20 bits per heavy atom. The summed E-state index contributed by atoms with van der Waals surface area (Å²) in [5.41, 5.74) is -0.107. The molecule has 0 amide bonds. The van der Waals surface area contributed by atoms with E-state index >= 15 is 0 Å².